The highest BCUT2D eigenvalue weighted by molar-refractivity contribution is 7.92. The van der Waals surface area contributed by atoms with Gasteiger partial charge < -0.3 is 4.52 Å². The van der Waals surface area contributed by atoms with Gasteiger partial charge in [0.05, 0.1) is 0 Å². The molecule has 0 aliphatic heterocycles. The van der Waals surface area contributed by atoms with Crippen LogP contribution >= 0.6 is 0 Å². The maximum atomic E-state index is 13.5. The van der Waals surface area contributed by atoms with Crippen LogP contribution in [0.3, 0.4) is 0 Å². The fraction of sp³-hybridized carbons (Fsp3) is 0.182. The number of sulfonamides is 1. The van der Waals surface area contributed by atoms with Gasteiger partial charge in [-0.15, -0.1) is 0 Å². The van der Waals surface area contributed by atoms with Gasteiger partial charge in [0.25, 0.3) is 10.0 Å². The number of hydrogen-bond acceptors (Lipinski definition) is 4. The first kappa shape index (κ1) is 12.6. The zero-order chi connectivity index (χ0) is 13.3. The van der Waals surface area contributed by atoms with Crippen molar-refractivity contribution in [3.63, 3.8) is 0 Å². The summed E-state index contributed by atoms with van der Waals surface area (Å²) in [7, 11) is -3.98. The van der Waals surface area contributed by atoms with E-state index in [1.165, 1.54) is 18.2 Å². The van der Waals surface area contributed by atoms with E-state index in [4.69, 9.17) is 4.52 Å². The van der Waals surface area contributed by atoms with Crippen LogP contribution in [0.25, 0.3) is 0 Å². The number of nitrogens with zero attached hydrogens (tertiary/aromatic N) is 1. The maximum Gasteiger partial charge on any atom is 0.264 e. The Morgan fingerprint density at radius 2 is 1.94 bits per heavy atom. The molecular formula is C11H11FN2O3S. The summed E-state index contributed by atoms with van der Waals surface area (Å²) in [5.41, 5.74) is 0.630. The molecule has 1 aromatic carbocycles. The minimum absolute atomic E-state index is 0.234. The highest BCUT2D eigenvalue weighted by Gasteiger charge is 2.22. The van der Waals surface area contributed by atoms with Crippen molar-refractivity contribution in [2.24, 2.45) is 0 Å². The summed E-state index contributed by atoms with van der Waals surface area (Å²) in [5.74, 6) is -0.482. The third kappa shape index (κ3) is 2.21. The Kier molecular flexibility index (Phi) is 3.08. The minimum atomic E-state index is -3.98. The van der Waals surface area contributed by atoms with Crippen LogP contribution in [0.5, 0.6) is 0 Å². The Balaban J connectivity index is 2.43. The number of hydrogen-bond donors (Lipinski definition) is 1. The Morgan fingerprint density at radius 3 is 2.50 bits per heavy atom. The van der Waals surface area contributed by atoms with Crippen molar-refractivity contribution in [1.82, 2.24) is 5.16 Å². The first-order valence-corrected chi connectivity index (χ1v) is 6.60. The van der Waals surface area contributed by atoms with Gasteiger partial charge in [0, 0.05) is 0 Å². The van der Waals surface area contributed by atoms with E-state index < -0.39 is 20.7 Å². The summed E-state index contributed by atoms with van der Waals surface area (Å²) in [6.45, 7) is 3.16. The number of aryl methyl sites for hydroxylation is 2. The molecule has 0 spiro atoms. The van der Waals surface area contributed by atoms with Gasteiger partial charge in [0.15, 0.2) is 5.76 Å². The zero-order valence-electron chi connectivity index (χ0n) is 9.77. The molecule has 0 saturated heterocycles. The van der Waals surface area contributed by atoms with Crippen molar-refractivity contribution in [3.8, 4) is 0 Å². The van der Waals surface area contributed by atoms with Crippen LogP contribution in [0, 0.1) is 19.7 Å². The number of anilines is 1. The fourth-order valence-electron chi connectivity index (χ4n) is 1.48. The van der Waals surface area contributed by atoms with E-state index in [0.29, 0.717) is 11.5 Å². The topological polar surface area (TPSA) is 72.2 Å². The molecule has 96 valence electrons. The number of aromatic nitrogens is 1. The SMILES string of the molecule is Cc1noc(C)c1NS(=O)(=O)c1ccccc1F. The van der Waals surface area contributed by atoms with Crippen molar-refractivity contribution in [3.05, 3.63) is 41.5 Å². The van der Waals surface area contributed by atoms with Gasteiger partial charge in [0.2, 0.25) is 0 Å². The lowest BCUT2D eigenvalue weighted by Gasteiger charge is -2.07. The molecule has 1 heterocycles. The lowest BCUT2D eigenvalue weighted by molar-refractivity contribution is 0.393. The van der Waals surface area contributed by atoms with Gasteiger partial charge in [-0.3, -0.25) is 4.72 Å². The summed E-state index contributed by atoms with van der Waals surface area (Å²) < 4.78 is 44.6. The molecule has 0 aliphatic carbocycles. The second kappa shape index (κ2) is 4.41. The molecule has 0 radical (unpaired) electrons. The van der Waals surface area contributed by atoms with Gasteiger partial charge >= 0.3 is 0 Å². The van der Waals surface area contributed by atoms with Crippen molar-refractivity contribution in [2.75, 3.05) is 4.72 Å². The highest BCUT2D eigenvalue weighted by atomic mass is 32.2. The van der Waals surface area contributed by atoms with E-state index >= 15 is 0 Å². The highest BCUT2D eigenvalue weighted by Crippen LogP contribution is 2.23. The van der Waals surface area contributed by atoms with Crippen LogP contribution in [0.2, 0.25) is 0 Å². The summed E-state index contributed by atoms with van der Waals surface area (Å²) in [4.78, 5) is -0.412. The predicted molar refractivity (Wildman–Crippen MR) is 63.2 cm³/mol. The van der Waals surface area contributed by atoms with Gasteiger partial charge in [-0.05, 0) is 26.0 Å². The second-order valence-electron chi connectivity index (χ2n) is 3.74. The molecule has 18 heavy (non-hydrogen) atoms. The summed E-state index contributed by atoms with van der Waals surface area (Å²) in [5, 5.41) is 3.62. The van der Waals surface area contributed by atoms with Crippen LogP contribution in [0.4, 0.5) is 10.1 Å². The molecule has 2 aromatic rings. The maximum absolute atomic E-state index is 13.5. The molecule has 5 nitrogen and oxygen atoms in total. The van der Waals surface area contributed by atoms with Crippen molar-refractivity contribution in [1.29, 1.82) is 0 Å². The van der Waals surface area contributed by atoms with Crippen LogP contribution in [-0.4, -0.2) is 13.6 Å². The lowest BCUT2D eigenvalue weighted by atomic mass is 10.3. The molecule has 7 heteroatoms. The fourth-order valence-corrected chi connectivity index (χ4v) is 2.73. The normalized spacial score (nSPS) is 11.5. The number of benzene rings is 1. The summed E-state index contributed by atoms with van der Waals surface area (Å²) in [6, 6.07) is 5.15. The quantitative estimate of drug-likeness (QED) is 0.928. The molecule has 0 bridgehead atoms. The Bertz CT molecular complexity index is 660. The monoisotopic (exact) mass is 270 g/mol. The lowest BCUT2D eigenvalue weighted by Crippen LogP contribution is -2.15. The van der Waals surface area contributed by atoms with E-state index in [2.05, 4.69) is 9.88 Å². The van der Waals surface area contributed by atoms with E-state index in [9.17, 15) is 12.8 Å². The molecule has 2 rings (SSSR count). The molecule has 0 amide bonds. The predicted octanol–water partition coefficient (Wildman–Crippen LogP) is 2.23. The first-order chi connectivity index (χ1) is 8.42. The second-order valence-corrected chi connectivity index (χ2v) is 5.39. The average Bonchev–Trinajstić information content (AvgIpc) is 2.61. The largest absolute Gasteiger partial charge is 0.359 e. The molecule has 0 saturated carbocycles. The number of halogens is 1. The van der Waals surface area contributed by atoms with Gasteiger partial charge in [0.1, 0.15) is 22.1 Å². The van der Waals surface area contributed by atoms with Crippen LogP contribution in [-0.2, 0) is 10.0 Å². The number of nitrogens with one attached hydrogen (secondary N) is 1. The van der Waals surface area contributed by atoms with Crippen LogP contribution < -0.4 is 4.72 Å². The Hall–Kier alpha value is -1.89. The summed E-state index contributed by atoms with van der Waals surface area (Å²) in [6.07, 6.45) is 0. The van der Waals surface area contributed by atoms with Crippen molar-refractivity contribution < 1.29 is 17.3 Å². The molecule has 1 aromatic heterocycles. The van der Waals surface area contributed by atoms with Crippen molar-refractivity contribution >= 4 is 15.7 Å². The number of rotatable bonds is 3. The van der Waals surface area contributed by atoms with Crippen LogP contribution in [0.1, 0.15) is 11.5 Å². The third-order valence-electron chi connectivity index (χ3n) is 2.40. The summed E-state index contributed by atoms with van der Waals surface area (Å²) >= 11 is 0. The van der Waals surface area contributed by atoms with E-state index in [0.717, 1.165) is 6.07 Å². The van der Waals surface area contributed by atoms with Gasteiger partial charge in [-0.25, -0.2) is 12.8 Å². The molecule has 0 fully saturated rings. The molecule has 0 aliphatic rings. The smallest absolute Gasteiger partial charge is 0.264 e. The minimum Gasteiger partial charge on any atom is -0.359 e. The van der Waals surface area contributed by atoms with Gasteiger partial charge in [-0.1, -0.05) is 17.3 Å². The molecular weight excluding hydrogens is 259 g/mol. The van der Waals surface area contributed by atoms with E-state index in [1.807, 2.05) is 0 Å². The van der Waals surface area contributed by atoms with E-state index in [1.54, 1.807) is 13.8 Å². The third-order valence-corrected chi connectivity index (χ3v) is 3.78. The molecule has 0 atom stereocenters. The first-order valence-electron chi connectivity index (χ1n) is 5.12. The Morgan fingerprint density at radius 1 is 1.28 bits per heavy atom. The molecule has 1 N–H and O–H groups in total. The standard InChI is InChI=1S/C11H11FN2O3S/c1-7-11(8(2)17-13-7)14-18(15,16)10-6-4-3-5-9(10)12/h3-6,14H,1-2H3. The Labute approximate surface area is 104 Å². The van der Waals surface area contributed by atoms with Crippen LogP contribution in [0.15, 0.2) is 33.7 Å². The zero-order valence-corrected chi connectivity index (χ0v) is 10.6. The van der Waals surface area contributed by atoms with E-state index in [-0.39, 0.29) is 5.69 Å². The van der Waals surface area contributed by atoms with Crippen molar-refractivity contribution in [2.45, 2.75) is 18.7 Å². The molecule has 0 unspecified atom stereocenters. The average molecular weight is 270 g/mol. The van der Waals surface area contributed by atoms with Gasteiger partial charge in [-0.2, -0.15) is 0 Å².